The van der Waals surface area contributed by atoms with Gasteiger partial charge >= 0.3 is 0 Å². The van der Waals surface area contributed by atoms with Gasteiger partial charge in [0.25, 0.3) is 0 Å². The predicted molar refractivity (Wildman–Crippen MR) is 83.6 cm³/mol. The van der Waals surface area contributed by atoms with E-state index >= 15 is 0 Å². The minimum Gasteiger partial charge on any atom is -0.378 e. The van der Waals surface area contributed by atoms with Gasteiger partial charge in [-0.2, -0.15) is 0 Å². The summed E-state index contributed by atoms with van der Waals surface area (Å²) in [7, 11) is 0. The Bertz CT molecular complexity index is 472. The first kappa shape index (κ1) is 16.2. The Hall–Kier alpha value is -1.20. The lowest BCUT2D eigenvalue weighted by atomic mass is 9.93. The van der Waals surface area contributed by atoms with Crippen molar-refractivity contribution in [1.29, 1.82) is 0 Å². The fourth-order valence-electron chi connectivity index (χ4n) is 2.63. The fraction of sp³-hybridized carbons (Fsp3) is 0.625. The second-order valence-electron chi connectivity index (χ2n) is 5.64. The van der Waals surface area contributed by atoms with E-state index in [1.54, 1.807) is 0 Å². The maximum atomic E-state index is 12.3. The number of carbonyl (C=O) groups excluding carboxylic acids is 2. The summed E-state index contributed by atoms with van der Waals surface area (Å²) in [5.41, 5.74) is 0. The molecule has 4 nitrogen and oxygen atoms in total. The molecular weight excluding hydrogens is 286 g/mol. The van der Waals surface area contributed by atoms with E-state index < -0.39 is 0 Å². The highest BCUT2D eigenvalue weighted by molar-refractivity contribution is 7.12. The van der Waals surface area contributed by atoms with Gasteiger partial charge in [0.2, 0.25) is 5.91 Å². The molecule has 1 aromatic rings. The van der Waals surface area contributed by atoms with Crippen LogP contribution in [0.2, 0.25) is 0 Å². The largest absolute Gasteiger partial charge is 0.378 e. The molecule has 0 unspecified atom stereocenters. The van der Waals surface area contributed by atoms with Crippen LogP contribution in [-0.4, -0.2) is 30.4 Å². The van der Waals surface area contributed by atoms with Crippen LogP contribution in [0.15, 0.2) is 17.5 Å². The van der Waals surface area contributed by atoms with E-state index in [4.69, 9.17) is 4.74 Å². The van der Waals surface area contributed by atoms with E-state index in [2.05, 4.69) is 12.2 Å². The van der Waals surface area contributed by atoms with Gasteiger partial charge in [0.1, 0.15) is 0 Å². The van der Waals surface area contributed by atoms with E-state index in [-0.39, 0.29) is 29.8 Å². The van der Waals surface area contributed by atoms with Gasteiger partial charge in [-0.25, -0.2) is 0 Å². The number of thiophene rings is 1. The summed E-state index contributed by atoms with van der Waals surface area (Å²) >= 11 is 1.44. The maximum Gasteiger partial charge on any atom is 0.223 e. The molecule has 5 heteroatoms. The number of amides is 1. The number of ketones is 1. The molecule has 2 rings (SSSR count). The number of Topliss-reactive ketones (excluding diaryl/α,β-unsaturated/α-hetero) is 1. The lowest BCUT2D eigenvalue weighted by Gasteiger charge is -2.29. The van der Waals surface area contributed by atoms with Crippen LogP contribution in [0.25, 0.3) is 0 Å². The van der Waals surface area contributed by atoms with Crippen LogP contribution in [-0.2, 0) is 9.53 Å². The van der Waals surface area contributed by atoms with E-state index in [0.717, 1.165) is 24.1 Å². The summed E-state index contributed by atoms with van der Waals surface area (Å²) < 4.78 is 5.59. The van der Waals surface area contributed by atoms with Crippen molar-refractivity contribution in [3.05, 3.63) is 22.4 Å². The summed E-state index contributed by atoms with van der Waals surface area (Å²) in [6.07, 6.45) is 3.04. The van der Waals surface area contributed by atoms with Gasteiger partial charge in [-0.05, 0) is 37.6 Å². The first-order chi connectivity index (χ1) is 10.1. The standard InChI is InChI=1S/C16H23NO3S/c1-3-13-10-12(6-7-20-13)16(19)17-11(2)9-14(18)15-5-4-8-21-15/h4-5,8,11-13H,3,6-7,9-10H2,1-2H3,(H,17,19)/t11-,12-,13-/m1/s1. The van der Waals surface area contributed by atoms with Crippen LogP contribution in [0.1, 0.15) is 49.2 Å². The first-order valence-corrected chi connectivity index (χ1v) is 8.46. The molecule has 21 heavy (non-hydrogen) atoms. The van der Waals surface area contributed by atoms with Gasteiger partial charge in [0, 0.05) is 25.0 Å². The Morgan fingerprint density at radius 2 is 2.33 bits per heavy atom. The topological polar surface area (TPSA) is 55.4 Å². The SMILES string of the molecule is CC[C@@H]1C[C@H](C(=O)N[C@H](C)CC(=O)c2cccs2)CCO1. The van der Waals surface area contributed by atoms with Crippen LogP contribution >= 0.6 is 11.3 Å². The molecule has 1 saturated heterocycles. The molecule has 1 N–H and O–H groups in total. The Kier molecular flexibility index (Phi) is 5.94. The maximum absolute atomic E-state index is 12.3. The molecular formula is C16H23NO3S. The van der Waals surface area contributed by atoms with Crippen molar-refractivity contribution >= 4 is 23.0 Å². The summed E-state index contributed by atoms with van der Waals surface area (Å²) in [5, 5.41) is 4.87. The van der Waals surface area contributed by atoms with Crippen molar-refractivity contribution in [3.63, 3.8) is 0 Å². The second-order valence-corrected chi connectivity index (χ2v) is 6.58. The van der Waals surface area contributed by atoms with Gasteiger partial charge in [-0.1, -0.05) is 13.0 Å². The molecule has 0 spiro atoms. The Balaban J connectivity index is 1.80. The molecule has 0 saturated carbocycles. The number of rotatable bonds is 6. The molecule has 1 amide bonds. The zero-order chi connectivity index (χ0) is 15.2. The average molecular weight is 309 g/mol. The van der Waals surface area contributed by atoms with Gasteiger partial charge in [0.15, 0.2) is 5.78 Å². The molecule has 0 bridgehead atoms. The molecule has 0 radical (unpaired) electrons. The van der Waals surface area contributed by atoms with Gasteiger partial charge in [0.05, 0.1) is 11.0 Å². The highest BCUT2D eigenvalue weighted by atomic mass is 32.1. The molecule has 0 aromatic carbocycles. The Morgan fingerprint density at radius 3 is 3.00 bits per heavy atom. The number of hydrogen-bond donors (Lipinski definition) is 1. The van der Waals surface area contributed by atoms with Crippen molar-refractivity contribution in [2.75, 3.05) is 6.61 Å². The normalized spacial score (nSPS) is 23.5. The minimum atomic E-state index is -0.130. The van der Waals surface area contributed by atoms with Gasteiger partial charge in [-0.3, -0.25) is 9.59 Å². The predicted octanol–water partition coefficient (Wildman–Crippen LogP) is 3.03. The smallest absolute Gasteiger partial charge is 0.223 e. The third-order valence-corrected chi connectivity index (χ3v) is 4.78. The molecule has 1 fully saturated rings. The van der Waals surface area contributed by atoms with Crippen molar-refractivity contribution in [1.82, 2.24) is 5.32 Å². The second kappa shape index (κ2) is 7.71. The summed E-state index contributed by atoms with van der Waals surface area (Å²) in [6.45, 7) is 4.62. The number of carbonyl (C=O) groups is 2. The van der Waals surface area contributed by atoms with Crippen LogP contribution < -0.4 is 5.32 Å². The van der Waals surface area contributed by atoms with Crippen LogP contribution in [0, 0.1) is 5.92 Å². The van der Waals surface area contributed by atoms with Gasteiger partial charge in [-0.15, -0.1) is 11.3 Å². The van der Waals surface area contributed by atoms with E-state index in [9.17, 15) is 9.59 Å². The van der Waals surface area contributed by atoms with E-state index in [1.807, 2.05) is 24.4 Å². The fourth-order valence-corrected chi connectivity index (χ4v) is 3.31. The molecule has 0 aliphatic carbocycles. The van der Waals surface area contributed by atoms with Gasteiger partial charge < -0.3 is 10.1 Å². The van der Waals surface area contributed by atoms with E-state index in [0.29, 0.717) is 13.0 Å². The Morgan fingerprint density at radius 1 is 1.52 bits per heavy atom. The number of ether oxygens (including phenoxy) is 1. The Labute approximate surface area is 129 Å². The third-order valence-electron chi connectivity index (χ3n) is 3.87. The van der Waals surface area contributed by atoms with Crippen LogP contribution in [0.5, 0.6) is 0 Å². The minimum absolute atomic E-state index is 0.0167. The summed E-state index contributed by atoms with van der Waals surface area (Å²) in [4.78, 5) is 25.0. The van der Waals surface area contributed by atoms with Crippen molar-refractivity contribution in [3.8, 4) is 0 Å². The van der Waals surface area contributed by atoms with Crippen molar-refractivity contribution in [2.24, 2.45) is 5.92 Å². The third kappa shape index (κ3) is 4.64. The van der Waals surface area contributed by atoms with E-state index in [1.165, 1.54) is 11.3 Å². The quantitative estimate of drug-likeness (QED) is 0.822. The molecule has 116 valence electrons. The molecule has 1 aromatic heterocycles. The summed E-state index contributed by atoms with van der Waals surface area (Å²) in [6, 6.07) is 3.56. The molecule has 2 heterocycles. The van der Waals surface area contributed by atoms with Crippen LogP contribution in [0.3, 0.4) is 0 Å². The number of hydrogen-bond acceptors (Lipinski definition) is 4. The van der Waals surface area contributed by atoms with Crippen molar-refractivity contribution < 1.29 is 14.3 Å². The first-order valence-electron chi connectivity index (χ1n) is 7.58. The lowest BCUT2D eigenvalue weighted by Crippen LogP contribution is -2.41. The number of nitrogens with one attached hydrogen (secondary N) is 1. The average Bonchev–Trinajstić information content (AvgIpc) is 3.01. The molecule has 3 atom stereocenters. The lowest BCUT2D eigenvalue weighted by molar-refractivity contribution is -0.130. The van der Waals surface area contributed by atoms with Crippen LogP contribution in [0.4, 0.5) is 0 Å². The van der Waals surface area contributed by atoms with Crippen molar-refractivity contribution in [2.45, 2.75) is 51.7 Å². The molecule has 1 aliphatic heterocycles. The highest BCUT2D eigenvalue weighted by Crippen LogP contribution is 2.22. The zero-order valence-electron chi connectivity index (χ0n) is 12.6. The summed E-state index contributed by atoms with van der Waals surface area (Å²) in [5.74, 6) is 0.169. The highest BCUT2D eigenvalue weighted by Gasteiger charge is 2.28. The zero-order valence-corrected chi connectivity index (χ0v) is 13.4. The molecule has 1 aliphatic rings. The monoisotopic (exact) mass is 309 g/mol.